The van der Waals surface area contributed by atoms with Crippen LogP contribution in [0.5, 0.6) is 17.2 Å². The van der Waals surface area contributed by atoms with Crippen LogP contribution >= 0.6 is 11.3 Å². The second-order valence-corrected chi connectivity index (χ2v) is 7.44. The molecule has 2 N–H and O–H groups in total. The van der Waals surface area contributed by atoms with Crippen molar-refractivity contribution in [2.75, 3.05) is 6.61 Å². The Hall–Kier alpha value is -3.76. The summed E-state index contributed by atoms with van der Waals surface area (Å²) < 4.78 is 16.6. The number of esters is 1. The van der Waals surface area contributed by atoms with Gasteiger partial charge >= 0.3 is 5.97 Å². The van der Waals surface area contributed by atoms with Crippen molar-refractivity contribution in [1.82, 2.24) is 0 Å². The van der Waals surface area contributed by atoms with E-state index in [0.29, 0.717) is 28.6 Å². The van der Waals surface area contributed by atoms with Crippen LogP contribution in [0.1, 0.15) is 33.6 Å². The maximum atomic E-state index is 12.2. The van der Waals surface area contributed by atoms with Crippen LogP contribution in [0.3, 0.4) is 0 Å². The molecular weight excluding hydrogens is 400 g/mol. The van der Waals surface area contributed by atoms with Crippen molar-refractivity contribution in [3.8, 4) is 23.3 Å². The van der Waals surface area contributed by atoms with E-state index in [1.165, 1.54) is 11.3 Å². The minimum absolute atomic E-state index is 0.0330. The van der Waals surface area contributed by atoms with E-state index in [1.807, 2.05) is 36.6 Å². The molecule has 1 aliphatic heterocycles. The van der Waals surface area contributed by atoms with Crippen LogP contribution < -0.4 is 19.9 Å². The Kier molecular flexibility index (Phi) is 5.42. The van der Waals surface area contributed by atoms with Crippen LogP contribution in [0.15, 0.2) is 71.4 Å². The topological polar surface area (TPSA) is 94.6 Å². The first-order valence-corrected chi connectivity index (χ1v) is 10.2. The molecule has 1 atom stereocenters. The molecule has 6 nitrogen and oxygen atoms in total. The Labute approximate surface area is 177 Å². The van der Waals surface area contributed by atoms with Gasteiger partial charge in [0.2, 0.25) is 5.88 Å². The summed E-state index contributed by atoms with van der Waals surface area (Å²) in [5.41, 5.74) is 8.02. The van der Waals surface area contributed by atoms with Crippen molar-refractivity contribution >= 4 is 17.3 Å². The molecule has 0 amide bonds. The number of fused-ring (bicyclic) bond motifs is 1. The molecule has 0 fully saturated rings. The zero-order valence-corrected chi connectivity index (χ0v) is 16.9. The third-order valence-corrected chi connectivity index (χ3v) is 5.50. The van der Waals surface area contributed by atoms with E-state index in [0.717, 1.165) is 16.9 Å². The average Bonchev–Trinajstić information content (AvgIpc) is 3.29. The molecule has 0 aliphatic carbocycles. The summed E-state index contributed by atoms with van der Waals surface area (Å²) in [6.07, 6.45) is 0. The summed E-state index contributed by atoms with van der Waals surface area (Å²) in [7, 11) is 0. The van der Waals surface area contributed by atoms with Crippen molar-refractivity contribution in [1.29, 1.82) is 5.26 Å². The number of hydrogen-bond donors (Lipinski definition) is 1. The van der Waals surface area contributed by atoms with Gasteiger partial charge in [0.05, 0.1) is 12.5 Å². The number of nitrogens with zero attached hydrogens (tertiary/aromatic N) is 1. The average molecular weight is 418 g/mol. The highest BCUT2D eigenvalue weighted by Crippen LogP contribution is 2.43. The second kappa shape index (κ2) is 8.31. The van der Waals surface area contributed by atoms with E-state index in [2.05, 4.69) is 6.07 Å². The Morgan fingerprint density at radius 3 is 2.63 bits per heavy atom. The van der Waals surface area contributed by atoms with Crippen molar-refractivity contribution < 1.29 is 19.0 Å². The first kappa shape index (κ1) is 19.6. The summed E-state index contributed by atoms with van der Waals surface area (Å²) in [5, 5.41) is 11.5. The van der Waals surface area contributed by atoms with E-state index in [-0.39, 0.29) is 5.88 Å². The molecule has 1 aliphatic rings. The molecule has 0 saturated carbocycles. The lowest BCUT2D eigenvalue weighted by Crippen LogP contribution is -2.21. The van der Waals surface area contributed by atoms with Gasteiger partial charge in [-0.2, -0.15) is 5.26 Å². The number of nitriles is 1. The fourth-order valence-electron chi connectivity index (χ4n) is 3.32. The minimum atomic E-state index is -0.440. The Balaban J connectivity index is 1.68. The molecule has 30 heavy (non-hydrogen) atoms. The Bertz CT molecular complexity index is 1140. The van der Waals surface area contributed by atoms with Crippen LogP contribution in [-0.4, -0.2) is 12.6 Å². The van der Waals surface area contributed by atoms with Crippen molar-refractivity contribution in [3.05, 3.63) is 87.4 Å². The zero-order valence-electron chi connectivity index (χ0n) is 16.1. The quantitative estimate of drug-likeness (QED) is 0.481. The van der Waals surface area contributed by atoms with Crippen LogP contribution in [0, 0.1) is 11.3 Å². The van der Waals surface area contributed by atoms with Crippen LogP contribution in [0.25, 0.3) is 0 Å². The van der Waals surface area contributed by atoms with Gasteiger partial charge < -0.3 is 19.9 Å². The summed E-state index contributed by atoms with van der Waals surface area (Å²) in [6.45, 7) is 2.49. The van der Waals surface area contributed by atoms with E-state index < -0.39 is 11.9 Å². The Morgan fingerprint density at radius 2 is 1.97 bits per heavy atom. The lowest BCUT2D eigenvalue weighted by atomic mass is 9.83. The maximum Gasteiger partial charge on any atom is 0.353 e. The fourth-order valence-corrected chi connectivity index (χ4v) is 3.92. The molecule has 2 heterocycles. The van der Waals surface area contributed by atoms with E-state index in [9.17, 15) is 10.1 Å². The number of rotatable bonds is 5. The van der Waals surface area contributed by atoms with Gasteiger partial charge in [0, 0.05) is 11.6 Å². The Morgan fingerprint density at radius 1 is 1.20 bits per heavy atom. The monoisotopic (exact) mass is 418 g/mol. The number of nitrogens with two attached hydrogens (primary N) is 1. The standard InChI is InChI=1S/C23H18N2O4S/c1-2-27-15-7-5-14(6-8-15)21-17-10-9-16(28-23(26)20-4-3-11-30-20)12-19(17)29-22(25)18(21)13-24/h3-12,21H,2,25H2,1H3. The molecule has 0 spiro atoms. The molecule has 2 aromatic carbocycles. The van der Waals surface area contributed by atoms with Gasteiger partial charge in [-0.15, -0.1) is 11.3 Å². The summed E-state index contributed by atoms with van der Waals surface area (Å²) in [4.78, 5) is 12.7. The number of hydrogen-bond acceptors (Lipinski definition) is 7. The molecule has 1 unspecified atom stereocenters. The number of ether oxygens (including phenoxy) is 3. The van der Waals surface area contributed by atoms with Gasteiger partial charge in [0.1, 0.15) is 33.8 Å². The smallest absolute Gasteiger partial charge is 0.353 e. The van der Waals surface area contributed by atoms with Gasteiger partial charge in [-0.05, 0) is 42.1 Å². The lowest BCUT2D eigenvalue weighted by molar-refractivity contribution is 0.0739. The first-order chi connectivity index (χ1) is 14.6. The van der Waals surface area contributed by atoms with Crippen LogP contribution in [0.4, 0.5) is 0 Å². The van der Waals surface area contributed by atoms with Gasteiger partial charge in [-0.1, -0.05) is 24.3 Å². The van der Waals surface area contributed by atoms with Crippen molar-refractivity contribution in [2.45, 2.75) is 12.8 Å². The summed E-state index contributed by atoms with van der Waals surface area (Å²) in [5.74, 6) is 0.736. The number of benzene rings is 2. The predicted octanol–water partition coefficient (Wildman–Crippen LogP) is 4.58. The van der Waals surface area contributed by atoms with E-state index in [4.69, 9.17) is 19.9 Å². The fraction of sp³-hybridized carbons (Fsp3) is 0.130. The molecule has 7 heteroatoms. The van der Waals surface area contributed by atoms with Gasteiger partial charge in [0.25, 0.3) is 0 Å². The predicted molar refractivity (Wildman–Crippen MR) is 113 cm³/mol. The van der Waals surface area contributed by atoms with Gasteiger partial charge in [-0.25, -0.2) is 4.79 Å². The normalized spacial score (nSPS) is 15.0. The molecule has 150 valence electrons. The third-order valence-electron chi connectivity index (χ3n) is 4.65. The second-order valence-electron chi connectivity index (χ2n) is 6.49. The third kappa shape index (κ3) is 3.73. The van der Waals surface area contributed by atoms with Crippen molar-refractivity contribution in [2.24, 2.45) is 5.73 Å². The minimum Gasteiger partial charge on any atom is -0.494 e. The van der Waals surface area contributed by atoms with Crippen LogP contribution in [0.2, 0.25) is 0 Å². The SMILES string of the molecule is CCOc1ccc(C2C(C#N)=C(N)Oc3cc(OC(=O)c4cccs4)ccc32)cc1. The highest BCUT2D eigenvalue weighted by molar-refractivity contribution is 7.12. The highest BCUT2D eigenvalue weighted by atomic mass is 32.1. The van der Waals surface area contributed by atoms with E-state index in [1.54, 1.807) is 30.3 Å². The molecule has 4 rings (SSSR count). The number of carbonyl (C=O) groups excluding carboxylic acids is 1. The van der Waals surface area contributed by atoms with Crippen LogP contribution in [-0.2, 0) is 0 Å². The molecule has 1 aromatic heterocycles. The molecular formula is C23H18N2O4S. The maximum absolute atomic E-state index is 12.2. The number of thiophene rings is 1. The largest absolute Gasteiger partial charge is 0.494 e. The number of allylic oxidation sites excluding steroid dienone is 1. The summed E-state index contributed by atoms with van der Waals surface area (Å²) in [6, 6.07) is 18.3. The molecule has 0 radical (unpaired) electrons. The molecule has 3 aromatic rings. The lowest BCUT2D eigenvalue weighted by Gasteiger charge is -2.26. The first-order valence-electron chi connectivity index (χ1n) is 9.30. The number of carbonyl (C=O) groups is 1. The van der Waals surface area contributed by atoms with E-state index >= 15 is 0 Å². The zero-order chi connectivity index (χ0) is 21.1. The summed E-state index contributed by atoms with van der Waals surface area (Å²) >= 11 is 1.31. The van der Waals surface area contributed by atoms with Crippen molar-refractivity contribution in [3.63, 3.8) is 0 Å². The van der Waals surface area contributed by atoms with Gasteiger partial charge in [0.15, 0.2) is 0 Å². The molecule has 0 bridgehead atoms. The highest BCUT2D eigenvalue weighted by Gasteiger charge is 2.31. The van der Waals surface area contributed by atoms with Gasteiger partial charge in [-0.3, -0.25) is 0 Å². The molecule has 0 saturated heterocycles.